The van der Waals surface area contributed by atoms with Crippen LogP contribution in [0.2, 0.25) is 0 Å². The van der Waals surface area contributed by atoms with Crippen molar-refractivity contribution in [1.82, 2.24) is 4.90 Å². The van der Waals surface area contributed by atoms with Crippen LogP contribution in [0.25, 0.3) is 0 Å². The number of carbonyl (C=O) groups excluding carboxylic acids is 1. The first-order valence-electron chi connectivity index (χ1n) is 4.03. The number of nitrogens with zero attached hydrogens (tertiary/aromatic N) is 1. The fraction of sp³-hybridized carbons (Fsp3) is 0.667. The van der Waals surface area contributed by atoms with Gasteiger partial charge in [0.15, 0.2) is 0 Å². The molecule has 3 nitrogen and oxygen atoms in total. The predicted octanol–water partition coefficient (Wildman–Crippen LogP) is 1.06. The highest BCUT2D eigenvalue weighted by atomic mass is 16.5. The summed E-state index contributed by atoms with van der Waals surface area (Å²) in [5, 5.41) is 0. The molecule has 0 aliphatic carbocycles. The number of carbonyl (C=O) groups is 1. The molecule has 1 atom stereocenters. The summed E-state index contributed by atoms with van der Waals surface area (Å²) >= 11 is 0. The topological polar surface area (TPSA) is 29.5 Å². The van der Waals surface area contributed by atoms with Gasteiger partial charge in [0, 0.05) is 11.6 Å². The highest BCUT2D eigenvalue weighted by Crippen LogP contribution is 2.06. The first-order valence-corrected chi connectivity index (χ1v) is 4.03. The maximum absolute atomic E-state index is 11.1. The summed E-state index contributed by atoms with van der Waals surface area (Å²) in [7, 11) is 3.80. The Labute approximate surface area is 74.0 Å². The van der Waals surface area contributed by atoms with Gasteiger partial charge in [0.25, 0.3) is 0 Å². The van der Waals surface area contributed by atoms with Crippen molar-refractivity contribution < 1.29 is 9.53 Å². The minimum Gasteiger partial charge on any atom is -0.463 e. The lowest BCUT2D eigenvalue weighted by Crippen LogP contribution is -2.30. The first-order chi connectivity index (χ1) is 5.50. The van der Waals surface area contributed by atoms with Crippen molar-refractivity contribution in [3.8, 4) is 0 Å². The van der Waals surface area contributed by atoms with Gasteiger partial charge in [0.05, 0.1) is 6.61 Å². The maximum Gasteiger partial charge on any atom is 0.334 e. The van der Waals surface area contributed by atoms with Crippen LogP contribution in [0.5, 0.6) is 0 Å². The highest BCUT2D eigenvalue weighted by molar-refractivity contribution is 5.88. The summed E-state index contributed by atoms with van der Waals surface area (Å²) in [4.78, 5) is 13.1. The van der Waals surface area contributed by atoms with Gasteiger partial charge in [0.1, 0.15) is 0 Å². The molecule has 70 valence electrons. The Morgan fingerprint density at radius 2 is 2.08 bits per heavy atom. The summed E-state index contributed by atoms with van der Waals surface area (Å²) in [6.45, 7) is 7.78. The molecule has 0 fully saturated rings. The van der Waals surface area contributed by atoms with Gasteiger partial charge >= 0.3 is 5.97 Å². The van der Waals surface area contributed by atoms with Crippen molar-refractivity contribution in [3.63, 3.8) is 0 Å². The van der Waals surface area contributed by atoms with Crippen LogP contribution >= 0.6 is 0 Å². The molecule has 0 bridgehead atoms. The van der Waals surface area contributed by atoms with Crippen LogP contribution in [0.4, 0.5) is 0 Å². The molecule has 0 spiro atoms. The Balaban J connectivity index is 4.10. The Hall–Kier alpha value is -0.830. The van der Waals surface area contributed by atoms with E-state index in [2.05, 4.69) is 6.58 Å². The summed E-state index contributed by atoms with van der Waals surface area (Å²) in [6, 6.07) is 0.0315. The number of likely N-dealkylation sites (N-methyl/N-ethyl adjacent to an activating group) is 1. The Kier molecular flexibility index (Phi) is 4.59. The van der Waals surface area contributed by atoms with Crippen molar-refractivity contribution in [2.75, 3.05) is 20.7 Å². The Morgan fingerprint density at radius 3 is 2.42 bits per heavy atom. The molecular formula is C9H17NO2. The largest absolute Gasteiger partial charge is 0.463 e. The fourth-order valence-electron chi connectivity index (χ4n) is 0.706. The molecule has 0 heterocycles. The van der Waals surface area contributed by atoms with Gasteiger partial charge in [-0.2, -0.15) is 0 Å². The van der Waals surface area contributed by atoms with Gasteiger partial charge in [-0.25, -0.2) is 4.79 Å². The first kappa shape index (κ1) is 11.2. The van der Waals surface area contributed by atoms with Gasteiger partial charge in [-0.15, -0.1) is 0 Å². The second-order valence-corrected chi connectivity index (χ2v) is 2.89. The molecular weight excluding hydrogens is 154 g/mol. The molecule has 0 saturated heterocycles. The molecule has 0 N–H and O–H groups in total. The molecule has 0 aromatic rings. The zero-order valence-electron chi connectivity index (χ0n) is 8.26. The van der Waals surface area contributed by atoms with Gasteiger partial charge in [-0.3, -0.25) is 0 Å². The number of esters is 1. The normalized spacial score (nSPS) is 12.8. The van der Waals surface area contributed by atoms with Gasteiger partial charge in [0.2, 0.25) is 0 Å². The van der Waals surface area contributed by atoms with E-state index in [1.165, 1.54) is 0 Å². The second-order valence-electron chi connectivity index (χ2n) is 2.89. The van der Waals surface area contributed by atoms with E-state index in [0.29, 0.717) is 12.2 Å². The van der Waals surface area contributed by atoms with Crippen LogP contribution < -0.4 is 0 Å². The molecule has 1 unspecified atom stereocenters. The molecule has 0 aliphatic rings. The molecule has 0 saturated carbocycles. The number of ether oxygens (including phenoxy) is 1. The summed E-state index contributed by atoms with van der Waals surface area (Å²) < 4.78 is 4.81. The number of rotatable bonds is 4. The average molecular weight is 171 g/mol. The number of hydrogen-bond donors (Lipinski definition) is 0. The third-order valence-electron chi connectivity index (χ3n) is 1.82. The summed E-state index contributed by atoms with van der Waals surface area (Å²) in [6.07, 6.45) is 0. The van der Waals surface area contributed by atoms with Crippen molar-refractivity contribution in [2.45, 2.75) is 19.9 Å². The molecule has 3 heteroatoms. The summed E-state index contributed by atoms with van der Waals surface area (Å²) in [5.41, 5.74) is 0.502. The fourth-order valence-corrected chi connectivity index (χ4v) is 0.706. The van der Waals surface area contributed by atoms with E-state index >= 15 is 0 Å². The van der Waals surface area contributed by atoms with Crippen molar-refractivity contribution in [1.29, 1.82) is 0 Å². The van der Waals surface area contributed by atoms with Gasteiger partial charge in [-0.1, -0.05) is 6.58 Å². The van der Waals surface area contributed by atoms with Crippen LogP contribution in [0.3, 0.4) is 0 Å². The maximum atomic E-state index is 11.1. The van der Waals surface area contributed by atoms with E-state index in [1.807, 2.05) is 25.9 Å². The van der Waals surface area contributed by atoms with Crippen molar-refractivity contribution >= 4 is 5.97 Å². The lowest BCUT2D eigenvalue weighted by atomic mass is 10.1. The van der Waals surface area contributed by atoms with E-state index < -0.39 is 0 Å². The Morgan fingerprint density at radius 1 is 1.58 bits per heavy atom. The smallest absolute Gasteiger partial charge is 0.334 e. The minimum atomic E-state index is -0.307. The van der Waals surface area contributed by atoms with Crippen LogP contribution in [0.1, 0.15) is 13.8 Å². The quantitative estimate of drug-likeness (QED) is 0.468. The van der Waals surface area contributed by atoms with E-state index in [1.54, 1.807) is 6.92 Å². The van der Waals surface area contributed by atoms with Crippen LogP contribution in [-0.4, -0.2) is 37.6 Å². The van der Waals surface area contributed by atoms with E-state index in [0.717, 1.165) is 0 Å². The van der Waals surface area contributed by atoms with E-state index in [-0.39, 0.29) is 12.0 Å². The molecule has 0 rings (SSSR count). The predicted molar refractivity (Wildman–Crippen MR) is 48.9 cm³/mol. The van der Waals surface area contributed by atoms with E-state index in [4.69, 9.17) is 4.74 Å². The average Bonchev–Trinajstić information content (AvgIpc) is 2.02. The van der Waals surface area contributed by atoms with Gasteiger partial charge < -0.3 is 9.64 Å². The monoisotopic (exact) mass is 171 g/mol. The molecule has 12 heavy (non-hydrogen) atoms. The van der Waals surface area contributed by atoms with Crippen LogP contribution in [0, 0.1) is 0 Å². The summed E-state index contributed by atoms with van der Waals surface area (Å²) in [5.74, 6) is -0.307. The lowest BCUT2D eigenvalue weighted by molar-refractivity contribution is -0.139. The standard InChI is InChI=1S/C9H17NO2/c1-6-12-9(11)7(2)8(3)10(4)5/h8H,2,6H2,1,3-5H3. The molecule has 0 aromatic heterocycles. The zero-order chi connectivity index (χ0) is 9.72. The minimum absolute atomic E-state index is 0.0315. The molecule has 0 amide bonds. The molecule has 0 aromatic carbocycles. The number of hydrogen-bond acceptors (Lipinski definition) is 3. The molecule has 0 radical (unpaired) electrons. The molecule has 0 aliphatic heterocycles. The van der Waals surface area contributed by atoms with Crippen LogP contribution in [-0.2, 0) is 9.53 Å². The van der Waals surface area contributed by atoms with E-state index in [9.17, 15) is 4.79 Å². The highest BCUT2D eigenvalue weighted by Gasteiger charge is 2.16. The zero-order valence-corrected chi connectivity index (χ0v) is 8.26. The lowest BCUT2D eigenvalue weighted by Gasteiger charge is -2.20. The van der Waals surface area contributed by atoms with Gasteiger partial charge in [-0.05, 0) is 27.9 Å². The Bertz CT molecular complexity index is 175. The third kappa shape index (κ3) is 3.05. The van der Waals surface area contributed by atoms with Crippen LogP contribution in [0.15, 0.2) is 12.2 Å². The van der Waals surface area contributed by atoms with Crippen molar-refractivity contribution in [3.05, 3.63) is 12.2 Å². The van der Waals surface area contributed by atoms with Crippen molar-refractivity contribution in [2.24, 2.45) is 0 Å². The third-order valence-corrected chi connectivity index (χ3v) is 1.82. The SMILES string of the molecule is C=C(C(=O)OCC)C(C)N(C)C. The second kappa shape index (κ2) is 4.93.